The number of carbonyl (C=O) groups excluding carboxylic acids is 2. The molecule has 36 heavy (non-hydrogen) atoms. The number of halogens is 1. The fourth-order valence-corrected chi connectivity index (χ4v) is 6.21. The van der Waals surface area contributed by atoms with Gasteiger partial charge in [0.25, 0.3) is 5.91 Å². The van der Waals surface area contributed by atoms with Crippen LogP contribution in [0.5, 0.6) is 0 Å². The number of ketones is 1. The van der Waals surface area contributed by atoms with E-state index in [1.54, 1.807) is 12.1 Å². The second kappa shape index (κ2) is 8.56. The Kier molecular flexibility index (Phi) is 5.45. The van der Waals surface area contributed by atoms with E-state index >= 15 is 0 Å². The first kappa shape index (κ1) is 22.9. The van der Waals surface area contributed by atoms with E-state index in [0.29, 0.717) is 16.3 Å². The maximum atomic E-state index is 13.8. The van der Waals surface area contributed by atoms with Gasteiger partial charge in [-0.1, -0.05) is 47.7 Å². The summed E-state index contributed by atoms with van der Waals surface area (Å²) in [4.78, 5) is 33.5. The summed E-state index contributed by atoms with van der Waals surface area (Å²) in [5.41, 5.74) is 4.13. The van der Waals surface area contributed by atoms with Gasteiger partial charge in [0.1, 0.15) is 5.58 Å². The summed E-state index contributed by atoms with van der Waals surface area (Å²) in [5.74, 6) is -1.71. The molecular weight excluding hydrogens is 587 g/mol. The Hall–Kier alpha value is -3.50. The highest BCUT2D eigenvalue weighted by molar-refractivity contribution is 14.1. The maximum absolute atomic E-state index is 13.8. The third kappa shape index (κ3) is 3.63. The normalized spacial score (nSPS) is 16.0. The van der Waals surface area contributed by atoms with Crippen LogP contribution in [0.3, 0.4) is 0 Å². The van der Waals surface area contributed by atoms with Crippen molar-refractivity contribution in [3.63, 3.8) is 0 Å². The molecule has 3 heterocycles. The van der Waals surface area contributed by atoms with E-state index < -0.39 is 23.5 Å². The van der Waals surface area contributed by atoms with Crippen molar-refractivity contribution in [3.8, 4) is 0 Å². The number of Topliss-reactive ketones (excluding diaryl/α,β-unsaturated/α-hetero) is 1. The molecule has 0 fully saturated rings. The molecule has 0 bridgehead atoms. The third-order valence-electron chi connectivity index (χ3n) is 6.31. The molecule has 178 valence electrons. The number of nitrogens with zero attached hydrogens (tertiary/aromatic N) is 2. The smallest absolute Gasteiger partial charge is 0.296 e. The standard InChI is InChI=1S/C28H19IN2O4S/c1-14-11-15(2)23-21(12-14)36-28(30-23)31-24(16-7-9-18(29)10-8-16)22(26(33)27(31)34)25(32)20-13-17-5-3-4-6-19(17)35-20/h3-13,24,33H,1-2H3. The van der Waals surface area contributed by atoms with Crippen molar-refractivity contribution in [2.24, 2.45) is 0 Å². The molecule has 0 radical (unpaired) electrons. The lowest BCUT2D eigenvalue weighted by Crippen LogP contribution is -2.31. The average Bonchev–Trinajstić information content (AvgIpc) is 3.54. The van der Waals surface area contributed by atoms with Crippen LogP contribution in [0.25, 0.3) is 21.2 Å². The van der Waals surface area contributed by atoms with Crippen LogP contribution in [0.1, 0.15) is 33.3 Å². The summed E-state index contributed by atoms with van der Waals surface area (Å²) in [6, 6.07) is 19.7. The van der Waals surface area contributed by atoms with Crippen LogP contribution in [0.2, 0.25) is 0 Å². The van der Waals surface area contributed by atoms with Gasteiger partial charge < -0.3 is 9.52 Å². The molecule has 1 N–H and O–H groups in total. The number of hydrogen-bond acceptors (Lipinski definition) is 6. The minimum atomic E-state index is -0.850. The number of anilines is 1. The van der Waals surface area contributed by atoms with E-state index in [1.165, 1.54) is 16.2 Å². The molecule has 6 nitrogen and oxygen atoms in total. The molecule has 0 saturated carbocycles. The van der Waals surface area contributed by atoms with Crippen LogP contribution in [-0.2, 0) is 4.79 Å². The zero-order valence-electron chi connectivity index (χ0n) is 19.3. The van der Waals surface area contributed by atoms with Crippen molar-refractivity contribution in [2.75, 3.05) is 4.90 Å². The molecule has 1 amide bonds. The van der Waals surface area contributed by atoms with E-state index in [1.807, 2.05) is 68.4 Å². The number of thiazole rings is 1. The molecule has 0 aliphatic carbocycles. The summed E-state index contributed by atoms with van der Waals surface area (Å²) in [6.07, 6.45) is 0. The summed E-state index contributed by atoms with van der Waals surface area (Å²) in [5, 5.41) is 12.2. The van der Waals surface area contributed by atoms with Gasteiger partial charge in [0, 0.05) is 8.96 Å². The Bertz CT molecular complexity index is 1700. The molecule has 3 aromatic carbocycles. The van der Waals surface area contributed by atoms with Crippen molar-refractivity contribution in [1.82, 2.24) is 4.98 Å². The van der Waals surface area contributed by atoms with Crippen molar-refractivity contribution in [1.29, 1.82) is 0 Å². The monoisotopic (exact) mass is 606 g/mol. The average molecular weight is 606 g/mol. The van der Waals surface area contributed by atoms with Gasteiger partial charge >= 0.3 is 0 Å². The molecular formula is C28H19IN2O4S. The van der Waals surface area contributed by atoms with Gasteiger partial charge in [-0.15, -0.1) is 0 Å². The third-order valence-corrected chi connectivity index (χ3v) is 8.03. The summed E-state index contributed by atoms with van der Waals surface area (Å²) >= 11 is 3.57. The largest absolute Gasteiger partial charge is 0.503 e. The highest BCUT2D eigenvalue weighted by Gasteiger charge is 2.46. The Balaban J connectivity index is 1.52. The summed E-state index contributed by atoms with van der Waals surface area (Å²) in [6.45, 7) is 3.99. The van der Waals surface area contributed by atoms with Crippen LogP contribution in [0, 0.1) is 17.4 Å². The van der Waals surface area contributed by atoms with Crippen LogP contribution in [0.15, 0.2) is 82.5 Å². The highest BCUT2D eigenvalue weighted by atomic mass is 127. The quantitative estimate of drug-likeness (QED) is 0.175. The topological polar surface area (TPSA) is 83.6 Å². The molecule has 2 aromatic heterocycles. The van der Waals surface area contributed by atoms with Crippen molar-refractivity contribution in [3.05, 3.63) is 104 Å². The number of carbonyl (C=O) groups is 2. The SMILES string of the molecule is Cc1cc(C)c2nc(N3C(=O)C(O)=C(C(=O)c4cc5ccccc5o4)C3c3ccc(I)cc3)sc2c1. The number of furan rings is 1. The van der Waals surface area contributed by atoms with Crippen LogP contribution < -0.4 is 4.90 Å². The molecule has 1 aliphatic rings. The Labute approximate surface area is 224 Å². The highest BCUT2D eigenvalue weighted by Crippen LogP contribution is 2.45. The van der Waals surface area contributed by atoms with Gasteiger partial charge in [-0.25, -0.2) is 4.98 Å². The zero-order valence-corrected chi connectivity index (χ0v) is 22.3. The zero-order chi connectivity index (χ0) is 25.1. The fourth-order valence-electron chi connectivity index (χ4n) is 4.68. The second-order valence-electron chi connectivity index (χ2n) is 8.79. The second-order valence-corrected chi connectivity index (χ2v) is 11.0. The van der Waals surface area contributed by atoms with Gasteiger partial charge in [-0.05, 0) is 83.5 Å². The first-order chi connectivity index (χ1) is 17.3. The molecule has 5 aromatic rings. The number of amides is 1. The first-order valence-corrected chi connectivity index (χ1v) is 13.1. The number of aromatic nitrogens is 1. The number of para-hydroxylation sites is 1. The molecule has 6 rings (SSSR count). The first-order valence-electron chi connectivity index (χ1n) is 11.2. The lowest BCUT2D eigenvalue weighted by atomic mass is 9.95. The number of fused-ring (bicyclic) bond motifs is 2. The van der Waals surface area contributed by atoms with E-state index in [2.05, 4.69) is 22.6 Å². The van der Waals surface area contributed by atoms with Crippen molar-refractivity contribution < 1.29 is 19.1 Å². The number of aliphatic hydroxyl groups is 1. The Morgan fingerprint density at radius 1 is 1.08 bits per heavy atom. The number of aliphatic hydroxyl groups excluding tert-OH is 1. The van der Waals surface area contributed by atoms with Crippen LogP contribution >= 0.6 is 33.9 Å². The van der Waals surface area contributed by atoms with Gasteiger partial charge in [-0.2, -0.15) is 0 Å². The van der Waals surface area contributed by atoms with Crippen molar-refractivity contribution >= 4 is 71.9 Å². The number of hydrogen-bond donors (Lipinski definition) is 1. The summed E-state index contributed by atoms with van der Waals surface area (Å²) < 4.78 is 7.76. The van der Waals surface area contributed by atoms with Gasteiger partial charge in [0.2, 0.25) is 5.78 Å². The molecule has 0 spiro atoms. The van der Waals surface area contributed by atoms with Gasteiger partial charge in [0.05, 0.1) is 21.8 Å². The molecule has 8 heteroatoms. The van der Waals surface area contributed by atoms with E-state index in [0.717, 1.165) is 30.3 Å². The Morgan fingerprint density at radius 3 is 2.58 bits per heavy atom. The van der Waals surface area contributed by atoms with Crippen LogP contribution in [-0.4, -0.2) is 21.8 Å². The lowest BCUT2D eigenvalue weighted by molar-refractivity contribution is -0.117. The molecule has 1 unspecified atom stereocenters. The molecule has 1 aliphatic heterocycles. The van der Waals surface area contributed by atoms with E-state index in [9.17, 15) is 14.7 Å². The predicted molar refractivity (Wildman–Crippen MR) is 149 cm³/mol. The minimum absolute atomic E-state index is 0.0209. The predicted octanol–water partition coefficient (Wildman–Crippen LogP) is 7.05. The molecule has 0 saturated heterocycles. The lowest BCUT2D eigenvalue weighted by Gasteiger charge is -2.24. The number of rotatable bonds is 4. The molecule has 1 atom stereocenters. The van der Waals surface area contributed by atoms with Gasteiger partial charge in [0.15, 0.2) is 16.7 Å². The minimum Gasteiger partial charge on any atom is -0.503 e. The fraction of sp³-hybridized carbons (Fsp3) is 0.107. The van der Waals surface area contributed by atoms with E-state index in [4.69, 9.17) is 9.40 Å². The summed E-state index contributed by atoms with van der Waals surface area (Å²) in [7, 11) is 0. The Morgan fingerprint density at radius 2 is 1.83 bits per heavy atom. The maximum Gasteiger partial charge on any atom is 0.296 e. The van der Waals surface area contributed by atoms with Crippen LogP contribution in [0.4, 0.5) is 5.13 Å². The van der Waals surface area contributed by atoms with E-state index in [-0.39, 0.29) is 11.3 Å². The van der Waals surface area contributed by atoms with Gasteiger partial charge in [-0.3, -0.25) is 14.5 Å². The number of aryl methyl sites for hydroxylation is 2. The van der Waals surface area contributed by atoms with Crippen molar-refractivity contribution in [2.45, 2.75) is 19.9 Å². The number of benzene rings is 3.